The van der Waals surface area contributed by atoms with E-state index in [9.17, 15) is 5.11 Å². The Morgan fingerprint density at radius 1 is 1.18 bits per heavy atom. The van der Waals surface area contributed by atoms with Crippen molar-refractivity contribution in [2.45, 2.75) is 51.5 Å². The largest absolute Gasteiger partial charge is 0.469 e. The molecule has 28 heavy (non-hydrogen) atoms. The lowest BCUT2D eigenvalue weighted by Gasteiger charge is -2.37. The fourth-order valence-electron chi connectivity index (χ4n) is 3.82. The molecule has 0 aromatic carbocycles. The van der Waals surface area contributed by atoms with Crippen molar-refractivity contribution in [3.8, 4) is 0 Å². The van der Waals surface area contributed by atoms with Crippen LogP contribution < -0.4 is 10.6 Å². The maximum Gasteiger partial charge on any atom is 0.191 e. The van der Waals surface area contributed by atoms with Gasteiger partial charge < -0.3 is 20.2 Å². The van der Waals surface area contributed by atoms with Gasteiger partial charge in [0.2, 0.25) is 0 Å². The van der Waals surface area contributed by atoms with E-state index in [4.69, 9.17) is 9.41 Å². The van der Waals surface area contributed by atoms with Crippen LogP contribution in [0.15, 0.2) is 45.3 Å². The third kappa shape index (κ3) is 7.40. The number of nitrogens with one attached hydrogen (secondary N) is 2. The summed E-state index contributed by atoms with van der Waals surface area (Å²) in [4.78, 5) is 6.03. The minimum Gasteiger partial charge on any atom is -0.469 e. The van der Waals surface area contributed by atoms with E-state index in [0.717, 1.165) is 37.7 Å². The number of halogens is 1. The van der Waals surface area contributed by atoms with Crippen LogP contribution in [0.2, 0.25) is 0 Å². The van der Waals surface area contributed by atoms with Crippen LogP contribution in [0.4, 0.5) is 0 Å². The summed E-state index contributed by atoms with van der Waals surface area (Å²) in [5.74, 6) is 1.82. The molecule has 3 rings (SSSR count). The Morgan fingerprint density at radius 3 is 2.71 bits per heavy atom. The van der Waals surface area contributed by atoms with Gasteiger partial charge in [-0.1, -0.05) is 25.3 Å². The van der Waals surface area contributed by atoms with Crippen LogP contribution in [0.1, 0.15) is 49.2 Å². The fraction of sp³-hybridized carbons (Fsp3) is 0.571. The molecule has 1 saturated carbocycles. The van der Waals surface area contributed by atoms with E-state index >= 15 is 0 Å². The predicted molar refractivity (Wildman–Crippen MR) is 127 cm³/mol. The summed E-state index contributed by atoms with van der Waals surface area (Å²) >= 11 is 1.73. The van der Waals surface area contributed by atoms with Crippen LogP contribution in [-0.2, 0) is 13.0 Å². The van der Waals surface area contributed by atoms with E-state index in [1.54, 1.807) is 17.6 Å². The van der Waals surface area contributed by atoms with Gasteiger partial charge in [0.25, 0.3) is 0 Å². The summed E-state index contributed by atoms with van der Waals surface area (Å²) < 4.78 is 5.41. The van der Waals surface area contributed by atoms with Crippen molar-refractivity contribution in [1.82, 2.24) is 10.6 Å². The monoisotopic (exact) mass is 517 g/mol. The first-order chi connectivity index (χ1) is 13.3. The van der Waals surface area contributed by atoms with Crippen LogP contribution in [0.25, 0.3) is 0 Å². The molecule has 0 bridgehead atoms. The number of aliphatic hydroxyl groups is 1. The molecule has 1 fully saturated rings. The summed E-state index contributed by atoms with van der Waals surface area (Å²) in [7, 11) is 0. The molecule has 0 spiro atoms. The van der Waals surface area contributed by atoms with E-state index in [1.165, 1.54) is 37.0 Å². The highest BCUT2D eigenvalue weighted by Crippen LogP contribution is 2.38. The van der Waals surface area contributed by atoms with Crippen molar-refractivity contribution in [1.29, 1.82) is 0 Å². The van der Waals surface area contributed by atoms with Gasteiger partial charge >= 0.3 is 0 Å². The lowest BCUT2D eigenvalue weighted by atomic mass is 9.72. The van der Waals surface area contributed by atoms with Crippen molar-refractivity contribution >= 4 is 41.3 Å². The minimum atomic E-state index is 0. The molecule has 5 nitrogen and oxygen atoms in total. The Hall–Kier alpha value is -1.06. The molecule has 2 aromatic heterocycles. The van der Waals surface area contributed by atoms with Gasteiger partial charge in [-0.15, -0.1) is 35.3 Å². The van der Waals surface area contributed by atoms with E-state index in [0.29, 0.717) is 6.54 Å². The Kier molecular flexibility index (Phi) is 10.4. The summed E-state index contributed by atoms with van der Waals surface area (Å²) in [6, 6.07) is 8.09. The second-order valence-electron chi connectivity index (χ2n) is 7.39. The van der Waals surface area contributed by atoms with E-state index in [-0.39, 0.29) is 36.0 Å². The number of hydrogen-bond acceptors (Lipinski definition) is 4. The number of hydrogen-bond donors (Lipinski definition) is 3. The molecule has 0 saturated heterocycles. The summed E-state index contributed by atoms with van der Waals surface area (Å²) in [5, 5.41) is 18.6. The second kappa shape index (κ2) is 12.5. The Labute approximate surface area is 189 Å². The number of aliphatic imine (C=N–C) groups is 1. The van der Waals surface area contributed by atoms with Crippen molar-refractivity contribution < 1.29 is 9.52 Å². The molecule has 0 unspecified atom stereocenters. The number of nitrogens with zero attached hydrogens (tertiary/aromatic N) is 1. The van der Waals surface area contributed by atoms with Crippen molar-refractivity contribution in [2.75, 3.05) is 19.7 Å². The van der Waals surface area contributed by atoms with Crippen LogP contribution in [0.3, 0.4) is 0 Å². The molecule has 0 amide bonds. The third-order valence-corrected chi connectivity index (χ3v) is 6.27. The van der Waals surface area contributed by atoms with Gasteiger partial charge in [0.15, 0.2) is 5.96 Å². The minimum absolute atomic E-state index is 0. The van der Waals surface area contributed by atoms with Crippen molar-refractivity contribution in [2.24, 2.45) is 10.4 Å². The lowest BCUT2D eigenvalue weighted by molar-refractivity contribution is 0.131. The van der Waals surface area contributed by atoms with Crippen LogP contribution in [-0.4, -0.2) is 30.8 Å². The van der Waals surface area contributed by atoms with Crippen LogP contribution in [0, 0.1) is 5.41 Å². The van der Waals surface area contributed by atoms with E-state index in [1.807, 2.05) is 12.1 Å². The molecule has 0 radical (unpaired) electrons. The first kappa shape index (κ1) is 23.2. The normalized spacial score (nSPS) is 16.4. The fourth-order valence-corrected chi connectivity index (χ4v) is 4.45. The first-order valence-electron chi connectivity index (χ1n) is 9.97. The highest BCUT2D eigenvalue weighted by Gasteiger charge is 2.31. The smallest absolute Gasteiger partial charge is 0.191 e. The number of thiophene rings is 1. The second-order valence-corrected chi connectivity index (χ2v) is 8.42. The predicted octanol–water partition coefficient (Wildman–Crippen LogP) is 4.57. The third-order valence-electron chi connectivity index (χ3n) is 5.40. The average Bonchev–Trinajstić information content (AvgIpc) is 3.38. The van der Waals surface area contributed by atoms with Crippen molar-refractivity contribution in [3.05, 3.63) is 46.5 Å². The van der Waals surface area contributed by atoms with Gasteiger partial charge in [0, 0.05) is 31.0 Å². The SMILES string of the molecule is I.OCCC1(CNC(=NCc2cccs2)NCCc2ccco2)CCCCC1. The Balaban J connectivity index is 0.00000280. The molecular formula is C21H32IN3O2S. The summed E-state index contributed by atoms with van der Waals surface area (Å²) in [6.45, 7) is 2.58. The highest BCUT2D eigenvalue weighted by molar-refractivity contribution is 14.0. The number of rotatable bonds is 9. The van der Waals surface area contributed by atoms with Crippen molar-refractivity contribution in [3.63, 3.8) is 0 Å². The van der Waals surface area contributed by atoms with E-state index in [2.05, 4.69) is 28.1 Å². The molecule has 1 aliphatic carbocycles. The van der Waals surface area contributed by atoms with Gasteiger partial charge in [0.05, 0.1) is 12.8 Å². The van der Waals surface area contributed by atoms with Crippen LogP contribution >= 0.6 is 35.3 Å². The lowest BCUT2D eigenvalue weighted by Crippen LogP contribution is -2.45. The standard InChI is InChI=1S/C21H31N3O2S.HI/c25-13-11-21(9-2-1-3-10-21)17-24-20(23-16-19-7-5-15-27-19)22-12-8-18-6-4-14-26-18;/h4-7,14-15,25H,1-3,8-13,16-17H2,(H2,22,23,24);1H. The molecular weight excluding hydrogens is 485 g/mol. The molecule has 1 aliphatic rings. The van der Waals surface area contributed by atoms with E-state index < -0.39 is 0 Å². The zero-order chi connectivity index (χ0) is 18.8. The molecule has 2 aromatic rings. The number of guanidine groups is 1. The number of furan rings is 1. The van der Waals surface area contributed by atoms with Gasteiger partial charge in [-0.2, -0.15) is 0 Å². The highest BCUT2D eigenvalue weighted by atomic mass is 127. The molecule has 3 N–H and O–H groups in total. The molecule has 156 valence electrons. The first-order valence-corrected chi connectivity index (χ1v) is 10.9. The maximum absolute atomic E-state index is 9.54. The Bertz CT molecular complexity index is 662. The molecule has 7 heteroatoms. The van der Waals surface area contributed by atoms with Gasteiger partial charge in [-0.25, -0.2) is 4.99 Å². The molecule has 0 atom stereocenters. The number of aliphatic hydroxyl groups excluding tert-OH is 1. The summed E-state index contributed by atoms with van der Waals surface area (Å²) in [5.41, 5.74) is 0.194. The molecule has 2 heterocycles. The summed E-state index contributed by atoms with van der Waals surface area (Å²) in [6.07, 6.45) is 9.61. The zero-order valence-corrected chi connectivity index (χ0v) is 19.5. The Morgan fingerprint density at radius 2 is 2.04 bits per heavy atom. The molecule has 0 aliphatic heterocycles. The van der Waals surface area contributed by atoms with Gasteiger partial charge in [-0.05, 0) is 48.3 Å². The maximum atomic E-state index is 9.54. The van der Waals surface area contributed by atoms with Gasteiger partial charge in [0.1, 0.15) is 5.76 Å². The van der Waals surface area contributed by atoms with Gasteiger partial charge in [-0.3, -0.25) is 0 Å². The zero-order valence-electron chi connectivity index (χ0n) is 16.4. The van der Waals surface area contributed by atoms with Crippen LogP contribution in [0.5, 0.6) is 0 Å². The topological polar surface area (TPSA) is 69.8 Å². The average molecular weight is 517 g/mol. The quantitative estimate of drug-likeness (QED) is 0.259.